The molecule has 0 spiro atoms. The third-order valence-electron chi connectivity index (χ3n) is 3.03. The number of Topliss-reactive ketones (excluding diaryl/α,β-unsaturated/α-hetero) is 1. The van der Waals surface area contributed by atoms with Gasteiger partial charge in [-0.2, -0.15) is 9.71 Å². The molecule has 0 atom stereocenters. The lowest BCUT2D eigenvalue weighted by Crippen LogP contribution is -2.41. The average molecular weight is 323 g/mol. The van der Waals surface area contributed by atoms with E-state index < -0.39 is 15.6 Å². The van der Waals surface area contributed by atoms with Crippen molar-refractivity contribution in [2.75, 3.05) is 0 Å². The van der Waals surface area contributed by atoms with Crippen LogP contribution < -0.4 is 4.72 Å². The molecule has 0 fully saturated rings. The molecule has 1 N–H and O–H groups in total. The molecule has 0 bridgehead atoms. The molecule has 7 nitrogen and oxygen atoms in total. The first-order valence-electron chi connectivity index (χ1n) is 6.57. The van der Waals surface area contributed by atoms with Crippen molar-refractivity contribution in [2.24, 2.45) is 0 Å². The van der Waals surface area contributed by atoms with Gasteiger partial charge in [-0.3, -0.25) is 4.79 Å². The van der Waals surface area contributed by atoms with Crippen LogP contribution in [0, 0.1) is 6.92 Å². The smallest absolute Gasteiger partial charge is 0.241 e. The summed E-state index contributed by atoms with van der Waals surface area (Å²) in [5.74, 6) is 0.377. The molecule has 0 saturated carbocycles. The van der Waals surface area contributed by atoms with Crippen LogP contribution in [0.3, 0.4) is 0 Å². The van der Waals surface area contributed by atoms with Crippen LogP contribution in [0.2, 0.25) is 0 Å². The summed E-state index contributed by atoms with van der Waals surface area (Å²) in [4.78, 5) is 15.4. The summed E-state index contributed by atoms with van der Waals surface area (Å²) in [6.07, 6.45) is 0. The van der Waals surface area contributed by atoms with E-state index in [1.807, 2.05) is 0 Å². The number of carbonyl (C=O) groups is 1. The van der Waals surface area contributed by atoms with Gasteiger partial charge in [-0.15, -0.1) is 0 Å². The molecule has 2 rings (SSSR count). The van der Waals surface area contributed by atoms with Gasteiger partial charge < -0.3 is 4.52 Å². The number of hydrogen-bond acceptors (Lipinski definition) is 6. The van der Waals surface area contributed by atoms with Crippen molar-refractivity contribution in [3.63, 3.8) is 0 Å². The standard InChI is InChI=1S/C14H17N3O4S/c1-9(18)11-6-5-7-12(8-11)22(19,20)17-14(3,4)13-15-10(2)21-16-13/h5-8,17H,1-4H3. The first kappa shape index (κ1) is 16.3. The Morgan fingerprint density at radius 1 is 1.32 bits per heavy atom. The highest BCUT2D eigenvalue weighted by molar-refractivity contribution is 7.89. The predicted molar refractivity (Wildman–Crippen MR) is 78.8 cm³/mol. The average Bonchev–Trinajstić information content (AvgIpc) is 2.85. The molecule has 2 aromatic rings. The molecule has 1 aromatic carbocycles. The Morgan fingerprint density at radius 3 is 2.55 bits per heavy atom. The summed E-state index contributed by atoms with van der Waals surface area (Å²) in [7, 11) is -3.84. The van der Waals surface area contributed by atoms with Crippen LogP contribution in [0.25, 0.3) is 0 Å². The predicted octanol–water partition coefficient (Wildman–Crippen LogP) is 1.79. The number of carbonyl (C=O) groups excluding carboxylic acids is 1. The van der Waals surface area contributed by atoms with Gasteiger partial charge in [0.05, 0.1) is 10.4 Å². The van der Waals surface area contributed by atoms with Gasteiger partial charge in [-0.25, -0.2) is 8.42 Å². The van der Waals surface area contributed by atoms with Gasteiger partial charge in [0.15, 0.2) is 11.6 Å². The SMILES string of the molecule is CC(=O)c1cccc(S(=O)(=O)NC(C)(C)c2noc(C)n2)c1. The summed E-state index contributed by atoms with van der Waals surface area (Å²) in [5, 5.41) is 3.74. The lowest BCUT2D eigenvalue weighted by molar-refractivity contribution is 0.101. The van der Waals surface area contributed by atoms with Gasteiger partial charge in [-0.1, -0.05) is 17.3 Å². The molecule has 0 aliphatic carbocycles. The molecular weight excluding hydrogens is 306 g/mol. The monoisotopic (exact) mass is 323 g/mol. The number of benzene rings is 1. The zero-order valence-corrected chi connectivity index (χ0v) is 13.6. The quantitative estimate of drug-likeness (QED) is 0.842. The number of ketones is 1. The second-order valence-electron chi connectivity index (χ2n) is 5.45. The molecule has 0 unspecified atom stereocenters. The number of aryl methyl sites for hydroxylation is 1. The van der Waals surface area contributed by atoms with E-state index in [1.165, 1.54) is 25.1 Å². The fraction of sp³-hybridized carbons (Fsp3) is 0.357. The van der Waals surface area contributed by atoms with Crippen molar-refractivity contribution in [1.82, 2.24) is 14.9 Å². The van der Waals surface area contributed by atoms with E-state index in [4.69, 9.17) is 4.52 Å². The van der Waals surface area contributed by atoms with Crippen LogP contribution >= 0.6 is 0 Å². The highest BCUT2D eigenvalue weighted by Gasteiger charge is 2.32. The molecule has 0 radical (unpaired) electrons. The van der Waals surface area contributed by atoms with Gasteiger partial charge in [0.25, 0.3) is 0 Å². The number of nitrogens with one attached hydrogen (secondary N) is 1. The maximum atomic E-state index is 12.5. The van der Waals surface area contributed by atoms with Crippen molar-refractivity contribution in [2.45, 2.75) is 38.1 Å². The molecule has 0 saturated heterocycles. The number of sulfonamides is 1. The normalized spacial score (nSPS) is 12.4. The first-order valence-corrected chi connectivity index (χ1v) is 8.06. The van der Waals surface area contributed by atoms with Crippen LogP contribution in [0.4, 0.5) is 0 Å². The zero-order chi connectivity index (χ0) is 16.5. The molecule has 1 heterocycles. The number of hydrogen-bond donors (Lipinski definition) is 1. The Kier molecular flexibility index (Phi) is 4.17. The van der Waals surface area contributed by atoms with Gasteiger partial charge >= 0.3 is 0 Å². The van der Waals surface area contributed by atoms with Crippen LogP contribution in [-0.2, 0) is 15.6 Å². The van der Waals surface area contributed by atoms with E-state index in [1.54, 1.807) is 26.8 Å². The molecule has 0 aliphatic heterocycles. The van der Waals surface area contributed by atoms with Crippen molar-refractivity contribution < 1.29 is 17.7 Å². The van der Waals surface area contributed by atoms with Gasteiger partial charge in [-0.05, 0) is 32.9 Å². The molecule has 0 amide bonds. The van der Waals surface area contributed by atoms with Gasteiger partial charge in [0.2, 0.25) is 15.9 Å². The molecular formula is C14H17N3O4S. The van der Waals surface area contributed by atoms with E-state index in [2.05, 4.69) is 14.9 Å². The Bertz CT molecular complexity index is 809. The second kappa shape index (κ2) is 5.62. The van der Waals surface area contributed by atoms with Crippen LogP contribution in [0.15, 0.2) is 33.7 Å². The Balaban J connectivity index is 2.35. The maximum Gasteiger partial charge on any atom is 0.241 e. The Morgan fingerprint density at radius 2 is 2.00 bits per heavy atom. The van der Waals surface area contributed by atoms with Gasteiger partial charge in [0, 0.05) is 12.5 Å². The lowest BCUT2D eigenvalue weighted by Gasteiger charge is -2.22. The van der Waals surface area contributed by atoms with Gasteiger partial charge in [0.1, 0.15) is 0 Å². The highest BCUT2D eigenvalue weighted by atomic mass is 32.2. The van der Waals surface area contributed by atoms with E-state index in [0.29, 0.717) is 11.5 Å². The number of rotatable bonds is 5. The molecule has 8 heteroatoms. The summed E-state index contributed by atoms with van der Waals surface area (Å²) >= 11 is 0. The van der Waals surface area contributed by atoms with Crippen molar-refractivity contribution >= 4 is 15.8 Å². The summed E-state index contributed by atoms with van der Waals surface area (Å²) in [6, 6.07) is 5.85. The molecule has 1 aromatic heterocycles. The topological polar surface area (TPSA) is 102 Å². The summed E-state index contributed by atoms with van der Waals surface area (Å²) in [5.41, 5.74) is -0.723. The largest absolute Gasteiger partial charge is 0.340 e. The third-order valence-corrected chi connectivity index (χ3v) is 4.68. The Hall–Kier alpha value is -2.06. The first-order chi connectivity index (χ1) is 10.1. The van der Waals surface area contributed by atoms with E-state index in [9.17, 15) is 13.2 Å². The minimum Gasteiger partial charge on any atom is -0.340 e. The van der Waals surface area contributed by atoms with E-state index >= 15 is 0 Å². The van der Waals surface area contributed by atoms with E-state index in [-0.39, 0.29) is 16.5 Å². The zero-order valence-electron chi connectivity index (χ0n) is 12.7. The minimum absolute atomic E-state index is 0.00786. The fourth-order valence-corrected chi connectivity index (χ4v) is 3.30. The van der Waals surface area contributed by atoms with E-state index in [0.717, 1.165) is 0 Å². The molecule has 0 aliphatic rings. The fourth-order valence-electron chi connectivity index (χ4n) is 1.88. The van der Waals surface area contributed by atoms with Crippen molar-refractivity contribution in [3.05, 3.63) is 41.5 Å². The lowest BCUT2D eigenvalue weighted by atomic mass is 10.1. The summed E-state index contributed by atoms with van der Waals surface area (Å²) < 4.78 is 32.4. The molecule has 118 valence electrons. The third kappa shape index (κ3) is 3.40. The minimum atomic E-state index is -3.84. The van der Waals surface area contributed by atoms with Crippen LogP contribution in [0.5, 0.6) is 0 Å². The summed E-state index contributed by atoms with van der Waals surface area (Å²) in [6.45, 7) is 6.26. The molecule has 22 heavy (non-hydrogen) atoms. The number of aromatic nitrogens is 2. The maximum absolute atomic E-state index is 12.5. The van der Waals surface area contributed by atoms with Crippen molar-refractivity contribution in [3.8, 4) is 0 Å². The number of nitrogens with zero attached hydrogens (tertiary/aromatic N) is 2. The van der Waals surface area contributed by atoms with Crippen LogP contribution in [0.1, 0.15) is 42.8 Å². The highest BCUT2D eigenvalue weighted by Crippen LogP contribution is 2.21. The van der Waals surface area contributed by atoms with Crippen molar-refractivity contribution in [1.29, 1.82) is 0 Å². The second-order valence-corrected chi connectivity index (χ2v) is 7.13. The van der Waals surface area contributed by atoms with Crippen LogP contribution in [-0.4, -0.2) is 24.3 Å². The Labute approximate surface area is 128 Å².